The van der Waals surface area contributed by atoms with Crippen molar-refractivity contribution in [3.63, 3.8) is 0 Å². The van der Waals surface area contributed by atoms with Crippen LogP contribution in [-0.4, -0.2) is 31.7 Å². The summed E-state index contributed by atoms with van der Waals surface area (Å²) in [6, 6.07) is 0. The third kappa shape index (κ3) is 18.8. The standard InChI is InChI=1S/C28H52O3/c1-2-30-28(26-29)24-18-15-13-11-9-7-5-3-4-6-8-10-12-14-16-21-25-31-27-22-19-17-20-23-27/h17,27-28H,2-16,18-25H2,1H3. The van der Waals surface area contributed by atoms with E-state index in [2.05, 4.69) is 6.42 Å². The van der Waals surface area contributed by atoms with Gasteiger partial charge in [-0.25, -0.2) is 0 Å². The Morgan fingerprint density at radius 2 is 1.19 bits per heavy atom. The number of unbranched alkanes of at least 4 members (excludes halogenated alkanes) is 15. The van der Waals surface area contributed by atoms with Crippen molar-refractivity contribution in [2.75, 3.05) is 13.2 Å². The molecule has 0 bridgehead atoms. The second-order valence-electron chi connectivity index (χ2n) is 9.44. The lowest BCUT2D eigenvalue weighted by molar-refractivity contribution is 0.0326. The predicted octanol–water partition coefficient (Wildman–Crippen LogP) is 8.30. The highest BCUT2D eigenvalue weighted by molar-refractivity contribution is 5.56. The molecule has 1 unspecified atom stereocenters. The molecule has 0 spiro atoms. The van der Waals surface area contributed by atoms with Crippen molar-refractivity contribution in [1.29, 1.82) is 0 Å². The van der Waals surface area contributed by atoms with Gasteiger partial charge in [-0.05, 0) is 51.9 Å². The van der Waals surface area contributed by atoms with E-state index in [0.717, 1.165) is 19.4 Å². The molecule has 0 aliphatic heterocycles. The highest BCUT2D eigenvalue weighted by Crippen LogP contribution is 2.20. The van der Waals surface area contributed by atoms with Crippen LogP contribution in [0.1, 0.15) is 142 Å². The van der Waals surface area contributed by atoms with Crippen molar-refractivity contribution < 1.29 is 14.3 Å². The first kappa shape index (κ1) is 28.6. The van der Waals surface area contributed by atoms with Crippen LogP contribution in [-0.2, 0) is 14.3 Å². The summed E-state index contributed by atoms with van der Waals surface area (Å²) in [7, 11) is 0. The topological polar surface area (TPSA) is 35.5 Å². The van der Waals surface area contributed by atoms with Gasteiger partial charge in [0, 0.05) is 13.2 Å². The van der Waals surface area contributed by atoms with E-state index in [1.54, 1.807) is 0 Å². The quantitative estimate of drug-likeness (QED) is 0.151. The van der Waals surface area contributed by atoms with E-state index in [9.17, 15) is 4.79 Å². The summed E-state index contributed by atoms with van der Waals surface area (Å²) in [5, 5.41) is 0. The fraction of sp³-hybridized carbons (Fsp3) is 0.929. The third-order valence-corrected chi connectivity index (χ3v) is 6.60. The maximum Gasteiger partial charge on any atom is 0.229 e. The summed E-state index contributed by atoms with van der Waals surface area (Å²) in [6.07, 6.45) is 32.1. The molecule has 0 saturated heterocycles. The molecule has 0 aromatic rings. The number of carbonyl (C=O) groups excluding carboxylic acids is 1. The average Bonchev–Trinajstić information content (AvgIpc) is 2.80. The van der Waals surface area contributed by atoms with Crippen LogP contribution in [0.3, 0.4) is 0 Å². The van der Waals surface area contributed by atoms with Crippen molar-refractivity contribution >= 4 is 6.29 Å². The maximum atomic E-state index is 10.7. The molecule has 1 fully saturated rings. The minimum Gasteiger partial charge on any atom is -0.378 e. The first-order valence-electron chi connectivity index (χ1n) is 13.8. The Morgan fingerprint density at radius 3 is 1.65 bits per heavy atom. The first-order valence-corrected chi connectivity index (χ1v) is 13.8. The first-order chi connectivity index (χ1) is 15.4. The molecular formula is C28H52O3. The maximum absolute atomic E-state index is 10.7. The van der Waals surface area contributed by atoms with Crippen molar-refractivity contribution in [3.8, 4) is 0 Å². The van der Waals surface area contributed by atoms with Crippen LogP contribution in [0.25, 0.3) is 0 Å². The van der Waals surface area contributed by atoms with Gasteiger partial charge in [0.1, 0.15) is 6.10 Å². The summed E-state index contributed by atoms with van der Waals surface area (Å²) < 4.78 is 11.3. The van der Waals surface area contributed by atoms with E-state index in [4.69, 9.17) is 9.47 Å². The molecule has 0 aromatic carbocycles. The fourth-order valence-electron chi connectivity index (χ4n) is 4.60. The Bertz CT molecular complexity index is 365. The predicted molar refractivity (Wildman–Crippen MR) is 132 cm³/mol. The number of ether oxygens (including phenoxy) is 2. The van der Waals surface area contributed by atoms with E-state index >= 15 is 0 Å². The van der Waals surface area contributed by atoms with Crippen LogP contribution in [0.4, 0.5) is 0 Å². The lowest BCUT2D eigenvalue weighted by atomic mass is 9.98. The molecule has 1 rings (SSSR count). The minimum absolute atomic E-state index is 0.297. The Balaban J connectivity index is 1.67. The number of hydrogen-bond acceptors (Lipinski definition) is 3. The lowest BCUT2D eigenvalue weighted by Crippen LogP contribution is -2.17. The monoisotopic (exact) mass is 436 g/mol. The molecule has 2 radical (unpaired) electrons. The van der Waals surface area contributed by atoms with E-state index in [-0.39, 0.29) is 6.10 Å². The van der Waals surface area contributed by atoms with Gasteiger partial charge < -0.3 is 9.47 Å². The van der Waals surface area contributed by atoms with Gasteiger partial charge in [-0.2, -0.15) is 0 Å². The second kappa shape index (κ2) is 22.8. The van der Waals surface area contributed by atoms with E-state index in [1.165, 1.54) is 122 Å². The smallest absolute Gasteiger partial charge is 0.229 e. The highest BCUT2D eigenvalue weighted by atomic mass is 16.5. The van der Waals surface area contributed by atoms with Crippen LogP contribution in [0.15, 0.2) is 0 Å². The molecule has 0 N–H and O–H groups in total. The molecule has 0 heterocycles. The van der Waals surface area contributed by atoms with Crippen molar-refractivity contribution in [1.82, 2.24) is 0 Å². The molecule has 1 atom stereocenters. The molecule has 1 aliphatic carbocycles. The fourth-order valence-corrected chi connectivity index (χ4v) is 4.60. The zero-order chi connectivity index (χ0) is 22.2. The highest BCUT2D eigenvalue weighted by Gasteiger charge is 2.13. The molecule has 3 heteroatoms. The van der Waals surface area contributed by atoms with Crippen molar-refractivity contribution in [3.05, 3.63) is 6.42 Å². The summed E-state index contributed by atoms with van der Waals surface area (Å²) in [4.78, 5) is 10.7. The number of rotatable bonds is 23. The van der Waals surface area contributed by atoms with Gasteiger partial charge in [-0.15, -0.1) is 0 Å². The lowest BCUT2D eigenvalue weighted by Gasteiger charge is -2.21. The van der Waals surface area contributed by atoms with Crippen LogP contribution < -0.4 is 0 Å². The normalized spacial score (nSPS) is 15.9. The molecule has 0 aromatic heterocycles. The molecule has 0 amide bonds. The van der Waals surface area contributed by atoms with E-state index in [1.807, 2.05) is 13.2 Å². The molecule has 1 saturated carbocycles. The Hall–Kier alpha value is -0.410. The molecule has 182 valence electrons. The Kier molecular flexibility index (Phi) is 21.0. The molecule has 31 heavy (non-hydrogen) atoms. The largest absolute Gasteiger partial charge is 0.378 e. The Morgan fingerprint density at radius 1 is 0.742 bits per heavy atom. The molecular weight excluding hydrogens is 384 g/mol. The van der Waals surface area contributed by atoms with Crippen LogP contribution in [0.2, 0.25) is 0 Å². The van der Waals surface area contributed by atoms with Crippen molar-refractivity contribution in [2.45, 2.75) is 154 Å². The van der Waals surface area contributed by atoms with Gasteiger partial charge in [-0.3, -0.25) is 4.79 Å². The minimum atomic E-state index is -0.297. The average molecular weight is 437 g/mol. The van der Waals surface area contributed by atoms with E-state index in [0.29, 0.717) is 12.7 Å². The van der Waals surface area contributed by atoms with Crippen molar-refractivity contribution in [2.24, 2.45) is 0 Å². The zero-order valence-electron chi connectivity index (χ0n) is 20.7. The summed E-state index contributed by atoms with van der Waals surface area (Å²) in [5.41, 5.74) is 0. The van der Waals surface area contributed by atoms with Gasteiger partial charge in [0.2, 0.25) is 6.29 Å². The summed E-state index contributed by atoms with van der Waals surface area (Å²) >= 11 is 0. The zero-order valence-corrected chi connectivity index (χ0v) is 20.7. The van der Waals surface area contributed by atoms with Crippen LogP contribution >= 0.6 is 0 Å². The number of hydrogen-bond donors (Lipinski definition) is 0. The molecule has 1 aliphatic rings. The second-order valence-corrected chi connectivity index (χ2v) is 9.44. The van der Waals surface area contributed by atoms with Crippen LogP contribution in [0.5, 0.6) is 0 Å². The molecule has 3 nitrogen and oxygen atoms in total. The van der Waals surface area contributed by atoms with E-state index < -0.39 is 0 Å². The summed E-state index contributed by atoms with van der Waals surface area (Å²) in [6.45, 7) is 3.52. The van der Waals surface area contributed by atoms with Gasteiger partial charge in [0.15, 0.2) is 0 Å². The SMILES string of the molecule is CCOC([C]=O)CCCCCCCCCCCCCCCCCCOC1CC[CH]CC1. The van der Waals surface area contributed by atoms with Crippen LogP contribution in [0, 0.1) is 6.42 Å². The van der Waals surface area contributed by atoms with Gasteiger partial charge >= 0.3 is 0 Å². The van der Waals surface area contributed by atoms with Gasteiger partial charge in [0.05, 0.1) is 6.10 Å². The summed E-state index contributed by atoms with van der Waals surface area (Å²) in [5.74, 6) is 0. The Labute approximate surface area is 194 Å². The van der Waals surface area contributed by atoms with Gasteiger partial charge in [-0.1, -0.05) is 96.3 Å². The third-order valence-electron chi connectivity index (χ3n) is 6.60. The van der Waals surface area contributed by atoms with Gasteiger partial charge in [0.25, 0.3) is 0 Å².